The van der Waals surface area contributed by atoms with Crippen molar-refractivity contribution in [3.8, 4) is 5.88 Å². The van der Waals surface area contributed by atoms with Gasteiger partial charge < -0.3 is 4.74 Å². The number of alkyl halides is 5. The van der Waals surface area contributed by atoms with Gasteiger partial charge in [0.1, 0.15) is 0 Å². The van der Waals surface area contributed by atoms with Crippen molar-refractivity contribution in [2.75, 3.05) is 7.11 Å². The lowest BCUT2D eigenvalue weighted by Gasteiger charge is -2.16. The summed E-state index contributed by atoms with van der Waals surface area (Å²) in [6.45, 7) is 0. The Bertz CT molecular complexity index is 430. The summed E-state index contributed by atoms with van der Waals surface area (Å²) in [7, 11) is 0.912. The van der Waals surface area contributed by atoms with Gasteiger partial charge in [0.2, 0.25) is 5.88 Å². The van der Waals surface area contributed by atoms with E-state index < -0.39 is 35.2 Å². The number of carbonyl (C=O) groups is 1. The lowest BCUT2D eigenvalue weighted by atomic mass is 10.0. The average molecular weight is 255 g/mol. The Kier molecular flexibility index (Phi) is 3.64. The fraction of sp³-hybridized carbons (Fsp3) is 0.333. The lowest BCUT2D eigenvalue weighted by Crippen LogP contribution is -2.15. The third-order valence-electron chi connectivity index (χ3n) is 1.93. The Morgan fingerprint density at radius 2 is 2.00 bits per heavy atom. The first-order chi connectivity index (χ1) is 7.82. The first-order valence-corrected chi connectivity index (χ1v) is 4.20. The molecule has 0 radical (unpaired) electrons. The van der Waals surface area contributed by atoms with Crippen LogP contribution in [-0.4, -0.2) is 18.4 Å². The van der Waals surface area contributed by atoms with Gasteiger partial charge in [-0.1, -0.05) is 0 Å². The van der Waals surface area contributed by atoms with Gasteiger partial charge in [0.25, 0.3) is 6.43 Å². The molecule has 0 spiro atoms. The Hall–Kier alpha value is -1.73. The van der Waals surface area contributed by atoms with Crippen LogP contribution in [0.4, 0.5) is 22.0 Å². The predicted octanol–water partition coefficient (Wildman–Crippen LogP) is 2.86. The first-order valence-electron chi connectivity index (χ1n) is 4.20. The lowest BCUT2D eigenvalue weighted by molar-refractivity contribution is -0.140. The SMILES string of the molecule is COc1ncc(C=O)c(C(F)(F)F)c1C(F)F. The number of hydrogen-bond donors (Lipinski definition) is 0. The Morgan fingerprint density at radius 1 is 1.41 bits per heavy atom. The molecule has 0 aliphatic carbocycles. The van der Waals surface area contributed by atoms with Crippen LogP contribution in [0.2, 0.25) is 0 Å². The zero-order chi connectivity index (χ0) is 13.2. The minimum atomic E-state index is -5.09. The molecule has 0 saturated carbocycles. The summed E-state index contributed by atoms with van der Waals surface area (Å²) in [6, 6.07) is 0. The second-order valence-electron chi connectivity index (χ2n) is 2.93. The van der Waals surface area contributed by atoms with Crippen molar-refractivity contribution in [2.24, 2.45) is 0 Å². The minimum Gasteiger partial charge on any atom is -0.481 e. The highest BCUT2D eigenvalue weighted by Gasteiger charge is 2.40. The molecular weight excluding hydrogens is 249 g/mol. The van der Waals surface area contributed by atoms with Crippen LogP contribution in [0.5, 0.6) is 5.88 Å². The fourth-order valence-electron chi connectivity index (χ4n) is 1.30. The Morgan fingerprint density at radius 3 is 2.35 bits per heavy atom. The summed E-state index contributed by atoms with van der Waals surface area (Å²) in [5.41, 5.74) is -4.09. The van der Waals surface area contributed by atoms with E-state index in [2.05, 4.69) is 9.72 Å². The summed E-state index contributed by atoms with van der Waals surface area (Å²) < 4.78 is 67.3. The standard InChI is InChI=1S/C9H6F5NO2/c1-17-8-5(7(10)11)6(9(12,13)14)4(3-16)2-15-8/h2-3,7H,1H3. The van der Waals surface area contributed by atoms with Crippen molar-refractivity contribution < 1.29 is 31.5 Å². The number of methoxy groups -OCH3 is 1. The first kappa shape index (κ1) is 13.3. The number of aldehydes is 1. The summed E-state index contributed by atoms with van der Waals surface area (Å²) in [4.78, 5) is 13.7. The highest BCUT2D eigenvalue weighted by molar-refractivity contribution is 5.78. The molecule has 0 bridgehead atoms. The average Bonchev–Trinajstić information content (AvgIpc) is 2.25. The number of carbonyl (C=O) groups excluding carboxylic acids is 1. The van der Waals surface area contributed by atoms with Crippen LogP contribution < -0.4 is 4.74 Å². The van der Waals surface area contributed by atoms with Gasteiger partial charge in [-0.05, 0) is 0 Å². The molecule has 1 aromatic heterocycles. The number of pyridine rings is 1. The molecule has 0 aliphatic rings. The maximum atomic E-state index is 12.6. The molecule has 0 fully saturated rings. The second-order valence-corrected chi connectivity index (χ2v) is 2.93. The monoisotopic (exact) mass is 255 g/mol. The quantitative estimate of drug-likeness (QED) is 0.615. The zero-order valence-electron chi connectivity index (χ0n) is 8.39. The maximum Gasteiger partial charge on any atom is 0.417 e. The molecular formula is C9H6F5NO2. The number of hydrogen-bond acceptors (Lipinski definition) is 3. The number of halogens is 5. The van der Waals surface area contributed by atoms with E-state index in [-0.39, 0.29) is 6.29 Å². The van der Waals surface area contributed by atoms with E-state index in [4.69, 9.17) is 0 Å². The third kappa shape index (κ3) is 2.51. The molecule has 0 unspecified atom stereocenters. The molecule has 8 heteroatoms. The van der Waals surface area contributed by atoms with Crippen molar-refractivity contribution in [3.63, 3.8) is 0 Å². The van der Waals surface area contributed by atoms with E-state index in [0.29, 0.717) is 6.20 Å². The van der Waals surface area contributed by atoms with Gasteiger partial charge >= 0.3 is 6.18 Å². The molecule has 1 aromatic rings. The molecule has 17 heavy (non-hydrogen) atoms. The van der Waals surface area contributed by atoms with Crippen LogP contribution in [0.25, 0.3) is 0 Å². The van der Waals surface area contributed by atoms with Crippen LogP contribution in [0.15, 0.2) is 6.20 Å². The Labute approximate surface area is 92.2 Å². The highest BCUT2D eigenvalue weighted by atomic mass is 19.4. The summed E-state index contributed by atoms with van der Waals surface area (Å²) >= 11 is 0. The van der Waals surface area contributed by atoms with Gasteiger partial charge in [-0.25, -0.2) is 13.8 Å². The normalized spacial score (nSPS) is 11.7. The molecule has 1 heterocycles. The van der Waals surface area contributed by atoms with Gasteiger partial charge in [-0.15, -0.1) is 0 Å². The van der Waals surface area contributed by atoms with E-state index in [1.165, 1.54) is 0 Å². The van der Waals surface area contributed by atoms with Gasteiger partial charge in [-0.3, -0.25) is 4.79 Å². The summed E-state index contributed by atoms with van der Waals surface area (Å²) in [5.74, 6) is -0.849. The largest absolute Gasteiger partial charge is 0.481 e. The minimum absolute atomic E-state index is 0.179. The van der Waals surface area contributed by atoms with Crippen LogP contribution >= 0.6 is 0 Å². The summed E-state index contributed by atoms with van der Waals surface area (Å²) in [5, 5.41) is 0. The van der Waals surface area contributed by atoms with E-state index in [0.717, 1.165) is 7.11 Å². The van der Waals surface area contributed by atoms with Crippen molar-refractivity contribution in [3.05, 3.63) is 22.9 Å². The number of ether oxygens (including phenoxy) is 1. The Balaban J connectivity index is 3.65. The summed E-state index contributed by atoms with van der Waals surface area (Å²) in [6.07, 6.45) is -8.17. The number of aromatic nitrogens is 1. The van der Waals surface area contributed by atoms with Gasteiger partial charge in [0, 0.05) is 11.8 Å². The molecule has 0 atom stereocenters. The topological polar surface area (TPSA) is 39.2 Å². The van der Waals surface area contributed by atoms with E-state index >= 15 is 0 Å². The molecule has 1 rings (SSSR count). The maximum absolute atomic E-state index is 12.6. The molecule has 0 N–H and O–H groups in total. The number of nitrogens with zero attached hydrogens (tertiary/aromatic N) is 1. The van der Waals surface area contributed by atoms with E-state index in [1.54, 1.807) is 0 Å². The van der Waals surface area contributed by atoms with Gasteiger partial charge in [0.05, 0.1) is 18.2 Å². The van der Waals surface area contributed by atoms with Gasteiger partial charge in [0.15, 0.2) is 6.29 Å². The molecule has 0 aliphatic heterocycles. The van der Waals surface area contributed by atoms with Gasteiger partial charge in [-0.2, -0.15) is 13.2 Å². The van der Waals surface area contributed by atoms with Crippen LogP contribution in [0.3, 0.4) is 0 Å². The fourth-order valence-corrected chi connectivity index (χ4v) is 1.30. The van der Waals surface area contributed by atoms with Crippen molar-refractivity contribution >= 4 is 6.29 Å². The van der Waals surface area contributed by atoms with Crippen molar-refractivity contribution in [1.82, 2.24) is 4.98 Å². The van der Waals surface area contributed by atoms with E-state index in [1.807, 2.05) is 0 Å². The molecule has 0 saturated heterocycles. The highest BCUT2D eigenvalue weighted by Crippen LogP contribution is 2.41. The van der Waals surface area contributed by atoms with Crippen molar-refractivity contribution in [1.29, 1.82) is 0 Å². The van der Waals surface area contributed by atoms with Crippen LogP contribution in [0.1, 0.15) is 27.9 Å². The van der Waals surface area contributed by atoms with E-state index in [9.17, 15) is 26.7 Å². The molecule has 0 aromatic carbocycles. The molecule has 94 valence electrons. The predicted molar refractivity (Wildman–Crippen MR) is 46.1 cm³/mol. The second kappa shape index (κ2) is 4.64. The molecule has 3 nitrogen and oxygen atoms in total. The number of rotatable bonds is 3. The van der Waals surface area contributed by atoms with Crippen LogP contribution in [-0.2, 0) is 6.18 Å². The zero-order valence-corrected chi connectivity index (χ0v) is 8.39. The molecule has 0 amide bonds. The third-order valence-corrected chi connectivity index (χ3v) is 1.93. The smallest absolute Gasteiger partial charge is 0.417 e. The van der Waals surface area contributed by atoms with Crippen molar-refractivity contribution in [2.45, 2.75) is 12.6 Å². The van der Waals surface area contributed by atoms with Crippen LogP contribution in [0, 0.1) is 0 Å².